The van der Waals surface area contributed by atoms with Gasteiger partial charge < -0.3 is 19.6 Å². The number of β-amino-alcohol motifs (C(OH)–C–C–N with tert-alkyl or cyclic N) is 1. The molecule has 3 rings (SSSR count). The van der Waals surface area contributed by atoms with Gasteiger partial charge in [0, 0.05) is 25.4 Å². The summed E-state index contributed by atoms with van der Waals surface area (Å²) in [4.78, 5) is 3.83. The van der Waals surface area contributed by atoms with E-state index in [1.165, 1.54) is 12.1 Å². The summed E-state index contributed by atoms with van der Waals surface area (Å²) in [6.07, 6.45) is -2.71. The Morgan fingerprint density at radius 2 is 2.09 bits per heavy atom. The standard InChI is InChI=1S/C14H14BrF3N2O2S/c15-13-7-20(8-23-13)11-2-1-10(22-14(16,17)18)5-12(11)19-4-3-9(21)6-19/h1-2,5,7,9,21H,3-4,6,8H2/t9-/m1/s1. The van der Waals surface area contributed by atoms with E-state index in [9.17, 15) is 18.3 Å². The third-order valence-electron chi connectivity index (χ3n) is 3.59. The number of rotatable bonds is 3. The number of aliphatic hydroxyl groups excluding tert-OH is 1. The second kappa shape index (κ2) is 6.45. The molecule has 2 heterocycles. The molecule has 0 saturated carbocycles. The first-order valence-corrected chi connectivity index (χ1v) is 8.69. The second-order valence-electron chi connectivity index (χ2n) is 5.26. The zero-order chi connectivity index (χ0) is 16.6. The average Bonchev–Trinajstić information content (AvgIpc) is 3.06. The molecule has 1 aromatic rings. The number of thioether (sulfide) groups is 1. The van der Waals surface area contributed by atoms with Gasteiger partial charge in [-0.05, 0) is 34.5 Å². The molecule has 4 nitrogen and oxygen atoms in total. The van der Waals surface area contributed by atoms with Crippen molar-refractivity contribution in [2.45, 2.75) is 18.9 Å². The highest BCUT2D eigenvalue weighted by Crippen LogP contribution is 2.41. The molecule has 9 heteroatoms. The van der Waals surface area contributed by atoms with Crippen LogP contribution in [0.4, 0.5) is 24.5 Å². The molecule has 0 unspecified atom stereocenters. The number of anilines is 2. The lowest BCUT2D eigenvalue weighted by Crippen LogP contribution is -2.25. The largest absolute Gasteiger partial charge is 0.573 e. The summed E-state index contributed by atoms with van der Waals surface area (Å²) >= 11 is 4.99. The van der Waals surface area contributed by atoms with Gasteiger partial charge in [-0.1, -0.05) is 11.8 Å². The van der Waals surface area contributed by atoms with Gasteiger partial charge in [0.1, 0.15) is 5.75 Å². The fourth-order valence-electron chi connectivity index (χ4n) is 2.62. The molecule has 0 aromatic heterocycles. The number of ether oxygens (including phenoxy) is 1. The molecule has 1 atom stereocenters. The molecule has 0 bridgehead atoms. The van der Waals surface area contributed by atoms with Crippen molar-refractivity contribution in [3.05, 3.63) is 28.2 Å². The Kier molecular flexibility index (Phi) is 4.70. The summed E-state index contributed by atoms with van der Waals surface area (Å²) in [5.41, 5.74) is 1.41. The van der Waals surface area contributed by atoms with Crippen molar-refractivity contribution >= 4 is 39.1 Å². The van der Waals surface area contributed by atoms with E-state index in [-0.39, 0.29) is 5.75 Å². The van der Waals surface area contributed by atoms with Gasteiger partial charge in [-0.2, -0.15) is 0 Å². The number of nitrogens with zero attached hydrogens (tertiary/aromatic N) is 2. The van der Waals surface area contributed by atoms with Crippen LogP contribution in [-0.2, 0) is 0 Å². The molecule has 0 radical (unpaired) electrons. The molecule has 1 saturated heterocycles. The first-order chi connectivity index (χ1) is 10.8. The maximum atomic E-state index is 12.5. The van der Waals surface area contributed by atoms with Crippen LogP contribution < -0.4 is 14.5 Å². The van der Waals surface area contributed by atoms with E-state index in [1.54, 1.807) is 17.8 Å². The van der Waals surface area contributed by atoms with Crippen molar-refractivity contribution in [1.29, 1.82) is 0 Å². The Hall–Kier alpha value is -1.06. The number of aliphatic hydroxyl groups is 1. The molecular formula is C14H14BrF3N2O2S. The first kappa shape index (κ1) is 16.8. The van der Waals surface area contributed by atoms with Gasteiger partial charge in [-0.15, -0.1) is 13.2 Å². The Bertz CT molecular complexity index is 627. The van der Waals surface area contributed by atoms with Crippen LogP contribution in [0.15, 0.2) is 28.2 Å². The number of hydrogen-bond acceptors (Lipinski definition) is 5. The van der Waals surface area contributed by atoms with E-state index in [4.69, 9.17) is 0 Å². The SMILES string of the molecule is O[C@@H]1CCN(c2cc(OC(F)(F)F)ccc2N2C=C(Br)SC2)C1. The average molecular weight is 411 g/mol. The molecule has 2 aliphatic heterocycles. The summed E-state index contributed by atoms with van der Waals surface area (Å²) in [5, 5.41) is 9.72. The monoisotopic (exact) mass is 410 g/mol. The van der Waals surface area contributed by atoms with Crippen molar-refractivity contribution < 1.29 is 23.0 Å². The van der Waals surface area contributed by atoms with Crippen LogP contribution in [0.1, 0.15) is 6.42 Å². The normalized spacial score (nSPS) is 21.8. The van der Waals surface area contributed by atoms with Crippen molar-refractivity contribution in [2.24, 2.45) is 0 Å². The van der Waals surface area contributed by atoms with Crippen LogP contribution in [0, 0.1) is 0 Å². The molecule has 2 aliphatic rings. The van der Waals surface area contributed by atoms with E-state index in [1.807, 2.05) is 16.0 Å². The third kappa shape index (κ3) is 4.07. The Morgan fingerprint density at radius 3 is 2.65 bits per heavy atom. The van der Waals surface area contributed by atoms with E-state index in [0.29, 0.717) is 31.1 Å². The lowest BCUT2D eigenvalue weighted by molar-refractivity contribution is -0.274. The van der Waals surface area contributed by atoms with Crippen LogP contribution in [0.5, 0.6) is 5.75 Å². The van der Waals surface area contributed by atoms with Gasteiger partial charge in [0.25, 0.3) is 0 Å². The van der Waals surface area contributed by atoms with Gasteiger partial charge >= 0.3 is 6.36 Å². The molecule has 126 valence electrons. The highest BCUT2D eigenvalue weighted by atomic mass is 79.9. The summed E-state index contributed by atoms with van der Waals surface area (Å²) in [5.74, 6) is 0.413. The summed E-state index contributed by atoms with van der Waals surface area (Å²) in [7, 11) is 0. The fraction of sp³-hybridized carbons (Fsp3) is 0.429. The van der Waals surface area contributed by atoms with Gasteiger partial charge in [0.05, 0.1) is 27.2 Å². The molecule has 1 N–H and O–H groups in total. The van der Waals surface area contributed by atoms with Gasteiger partial charge in [0.15, 0.2) is 0 Å². The van der Waals surface area contributed by atoms with Gasteiger partial charge in [-0.3, -0.25) is 0 Å². The molecule has 0 aliphatic carbocycles. The lowest BCUT2D eigenvalue weighted by Gasteiger charge is -2.26. The van der Waals surface area contributed by atoms with Gasteiger partial charge in [0.2, 0.25) is 0 Å². The summed E-state index contributed by atoms with van der Waals surface area (Å²) < 4.78 is 42.4. The van der Waals surface area contributed by atoms with Gasteiger partial charge in [-0.25, -0.2) is 0 Å². The molecule has 1 fully saturated rings. The van der Waals surface area contributed by atoms with Crippen LogP contribution >= 0.6 is 27.7 Å². The zero-order valence-corrected chi connectivity index (χ0v) is 14.3. The van der Waals surface area contributed by atoms with E-state index in [2.05, 4.69) is 20.7 Å². The first-order valence-electron chi connectivity index (χ1n) is 6.91. The smallest absolute Gasteiger partial charge is 0.406 e. The Morgan fingerprint density at radius 1 is 1.30 bits per heavy atom. The Balaban J connectivity index is 1.94. The molecule has 23 heavy (non-hydrogen) atoms. The minimum Gasteiger partial charge on any atom is -0.406 e. The number of benzene rings is 1. The fourth-order valence-corrected chi connectivity index (χ4v) is 3.86. The number of halogens is 4. The zero-order valence-electron chi connectivity index (χ0n) is 11.9. The molecular weight excluding hydrogens is 397 g/mol. The van der Waals surface area contributed by atoms with Crippen LogP contribution in [0.3, 0.4) is 0 Å². The minimum atomic E-state index is -4.73. The second-order valence-corrected chi connectivity index (χ2v) is 7.63. The number of hydrogen-bond donors (Lipinski definition) is 1. The van der Waals surface area contributed by atoms with Crippen LogP contribution in [0.2, 0.25) is 0 Å². The van der Waals surface area contributed by atoms with Crippen molar-refractivity contribution in [1.82, 2.24) is 0 Å². The maximum absolute atomic E-state index is 12.5. The molecule has 0 amide bonds. The van der Waals surface area contributed by atoms with Crippen LogP contribution in [-0.4, -0.2) is 36.5 Å². The minimum absolute atomic E-state index is 0.257. The summed E-state index contributed by atoms with van der Waals surface area (Å²) in [6, 6.07) is 4.30. The quantitative estimate of drug-likeness (QED) is 0.818. The number of alkyl halides is 3. The maximum Gasteiger partial charge on any atom is 0.573 e. The van der Waals surface area contributed by atoms with E-state index < -0.39 is 12.5 Å². The predicted octanol–water partition coefficient (Wildman–Crippen LogP) is 3.86. The van der Waals surface area contributed by atoms with E-state index >= 15 is 0 Å². The van der Waals surface area contributed by atoms with E-state index in [0.717, 1.165) is 9.50 Å². The third-order valence-corrected chi connectivity index (χ3v) is 5.27. The van der Waals surface area contributed by atoms with Crippen molar-refractivity contribution in [3.63, 3.8) is 0 Å². The summed E-state index contributed by atoms with van der Waals surface area (Å²) in [6.45, 7) is 0.990. The lowest BCUT2D eigenvalue weighted by atomic mass is 10.2. The highest BCUT2D eigenvalue weighted by Gasteiger charge is 2.32. The molecule has 1 aromatic carbocycles. The predicted molar refractivity (Wildman–Crippen MR) is 87.9 cm³/mol. The topological polar surface area (TPSA) is 35.9 Å². The van der Waals surface area contributed by atoms with Crippen molar-refractivity contribution in [3.8, 4) is 5.75 Å². The highest BCUT2D eigenvalue weighted by molar-refractivity contribution is 9.14. The van der Waals surface area contributed by atoms with Crippen LogP contribution in [0.25, 0.3) is 0 Å². The Labute approximate surface area is 144 Å². The molecule has 0 spiro atoms. The van der Waals surface area contributed by atoms with Crippen molar-refractivity contribution in [2.75, 3.05) is 28.8 Å².